The van der Waals surface area contributed by atoms with Gasteiger partial charge in [0.2, 0.25) is 0 Å². The third kappa shape index (κ3) is 4.25. The predicted molar refractivity (Wildman–Crippen MR) is 83.5 cm³/mol. The van der Waals surface area contributed by atoms with Crippen molar-refractivity contribution in [3.63, 3.8) is 0 Å². The maximum absolute atomic E-state index is 11.7. The van der Waals surface area contributed by atoms with Gasteiger partial charge in [0.1, 0.15) is 9.84 Å². The van der Waals surface area contributed by atoms with Crippen LogP contribution in [0.5, 0.6) is 0 Å². The third-order valence-electron chi connectivity index (χ3n) is 3.29. The first-order valence-corrected chi connectivity index (χ1v) is 9.25. The molecule has 0 N–H and O–H groups in total. The van der Waals surface area contributed by atoms with Crippen LogP contribution in [0.4, 0.5) is 0 Å². The topological polar surface area (TPSA) is 34.1 Å². The lowest BCUT2D eigenvalue weighted by molar-refractivity contribution is 0.512. The zero-order chi connectivity index (χ0) is 14.5. The van der Waals surface area contributed by atoms with Crippen LogP contribution >= 0.6 is 34.8 Å². The van der Waals surface area contributed by atoms with Gasteiger partial charge in [-0.15, -0.1) is 23.2 Å². The van der Waals surface area contributed by atoms with Gasteiger partial charge >= 0.3 is 0 Å². The zero-order valence-corrected chi connectivity index (χ0v) is 13.8. The molecule has 0 bridgehead atoms. The number of hydrogen-bond acceptors (Lipinski definition) is 2. The minimum atomic E-state index is -3.05. The Balaban J connectivity index is 3.08. The molecule has 1 aromatic rings. The molecule has 108 valence electrons. The Labute approximate surface area is 130 Å². The first-order valence-electron chi connectivity index (χ1n) is 5.98. The fraction of sp³-hybridized carbons (Fsp3) is 0.538. The maximum Gasteiger partial charge on any atom is 0.150 e. The fourth-order valence-corrected chi connectivity index (χ4v) is 4.00. The van der Waals surface area contributed by atoms with Gasteiger partial charge in [0.25, 0.3) is 0 Å². The van der Waals surface area contributed by atoms with E-state index in [9.17, 15) is 8.42 Å². The molecule has 1 aromatic carbocycles. The molecule has 1 rings (SSSR count). The van der Waals surface area contributed by atoms with E-state index < -0.39 is 15.3 Å². The van der Waals surface area contributed by atoms with Crippen LogP contribution in [0.25, 0.3) is 0 Å². The summed E-state index contributed by atoms with van der Waals surface area (Å²) < 4.78 is 23.3. The summed E-state index contributed by atoms with van der Waals surface area (Å²) in [7, 11) is -3.05. The second kappa shape index (κ2) is 7.16. The highest BCUT2D eigenvalue weighted by Gasteiger charge is 2.33. The van der Waals surface area contributed by atoms with Gasteiger partial charge in [0, 0.05) is 28.0 Å². The summed E-state index contributed by atoms with van der Waals surface area (Å²) in [5, 5.41) is 0.567. The van der Waals surface area contributed by atoms with Gasteiger partial charge in [-0.1, -0.05) is 36.7 Å². The second-order valence-electron chi connectivity index (χ2n) is 4.51. The number of halogens is 3. The van der Waals surface area contributed by atoms with Gasteiger partial charge in [0.05, 0.1) is 5.75 Å². The monoisotopic (exact) mass is 342 g/mol. The molecule has 6 heteroatoms. The van der Waals surface area contributed by atoms with Gasteiger partial charge in [-0.25, -0.2) is 8.42 Å². The average Bonchev–Trinajstić information content (AvgIpc) is 2.42. The largest absolute Gasteiger partial charge is 0.229 e. The first kappa shape index (κ1) is 17.1. The molecule has 0 saturated heterocycles. The summed E-state index contributed by atoms with van der Waals surface area (Å²) in [6, 6.07) is 7.29. The molecule has 0 saturated carbocycles. The van der Waals surface area contributed by atoms with Gasteiger partial charge in [0.15, 0.2) is 0 Å². The van der Waals surface area contributed by atoms with Gasteiger partial charge in [-0.2, -0.15) is 0 Å². The maximum atomic E-state index is 11.7. The Hall–Kier alpha value is 0.0400. The number of benzene rings is 1. The molecule has 0 atom stereocenters. The van der Waals surface area contributed by atoms with Crippen LogP contribution in [0, 0.1) is 0 Å². The SMILES string of the molecule is CCS(=O)(=O)CCC(CCl)(CCl)c1ccccc1Cl. The Morgan fingerprint density at radius 2 is 1.74 bits per heavy atom. The molecule has 0 heterocycles. The normalized spacial score (nSPS) is 12.6. The summed E-state index contributed by atoms with van der Waals surface area (Å²) in [4.78, 5) is 0. The third-order valence-corrected chi connectivity index (χ3v) is 6.35. The molecule has 0 spiro atoms. The van der Waals surface area contributed by atoms with Crippen LogP contribution in [0.1, 0.15) is 18.9 Å². The first-order chi connectivity index (χ1) is 8.90. The van der Waals surface area contributed by atoms with Crippen molar-refractivity contribution >= 4 is 44.6 Å². The van der Waals surface area contributed by atoms with Crippen LogP contribution in [-0.2, 0) is 15.3 Å². The Morgan fingerprint density at radius 1 is 1.16 bits per heavy atom. The van der Waals surface area contributed by atoms with Crippen molar-refractivity contribution in [2.45, 2.75) is 18.8 Å². The Kier molecular flexibility index (Phi) is 6.44. The van der Waals surface area contributed by atoms with Crippen LogP contribution < -0.4 is 0 Å². The number of alkyl halides is 2. The molecule has 0 amide bonds. The second-order valence-corrected chi connectivity index (χ2v) is 7.93. The molecule has 0 aromatic heterocycles. The van der Waals surface area contributed by atoms with E-state index in [4.69, 9.17) is 34.8 Å². The van der Waals surface area contributed by atoms with E-state index in [0.717, 1.165) is 5.56 Å². The Morgan fingerprint density at radius 3 is 2.21 bits per heavy atom. The Bertz CT molecular complexity index is 510. The molecule has 0 aliphatic carbocycles. The van der Waals surface area contributed by atoms with Crippen molar-refractivity contribution in [3.8, 4) is 0 Å². The van der Waals surface area contributed by atoms with Gasteiger partial charge < -0.3 is 0 Å². The van der Waals surface area contributed by atoms with Crippen LogP contribution in [-0.4, -0.2) is 31.7 Å². The van der Waals surface area contributed by atoms with Crippen molar-refractivity contribution in [1.29, 1.82) is 0 Å². The van der Waals surface area contributed by atoms with E-state index in [2.05, 4.69) is 0 Å². The summed E-state index contributed by atoms with van der Waals surface area (Å²) >= 11 is 18.3. The average molecular weight is 344 g/mol. The van der Waals surface area contributed by atoms with E-state index in [1.54, 1.807) is 13.0 Å². The van der Waals surface area contributed by atoms with Crippen LogP contribution in [0.2, 0.25) is 5.02 Å². The van der Waals surface area contributed by atoms with E-state index in [0.29, 0.717) is 11.4 Å². The van der Waals surface area contributed by atoms with Crippen LogP contribution in [0.3, 0.4) is 0 Å². The number of rotatable bonds is 7. The highest BCUT2D eigenvalue weighted by Crippen LogP contribution is 2.36. The summed E-state index contributed by atoms with van der Waals surface area (Å²) in [5.41, 5.74) is 0.205. The molecule has 2 nitrogen and oxygen atoms in total. The van der Waals surface area contributed by atoms with Crippen molar-refractivity contribution in [1.82, 2.24) is 0 Å². The lowest BCUT2D eigenvalue weighted by Crippen LogP contribution is -2.33. The molecular formula is C13H17Cl3O2S. The minimum absolute atomic E-state index is 0.0637. The van der Waals surface area contributed by atoms with Crippen molar-refractivity contribution in [3.05, 3.63) is 34.9 Å². The molecule has 0 radical (unpaired) electrons. The van der Waals surface area contributed by atoms with Gasteiger partial charge in [-0.05, 0) is 18.1 Å². The quantitative estimate of drug-likeness (QED) is 0.704. The number of hydrogen-bond donors (Lipinski definition) is 0. The van der Waals surface area contributed by atoms with E-state index in [1.165, 1.54) is 0 Å². The fourth-order valence-electron chi connectivity index (χ4n) is 1.83. The summed E-state index contributed by atoms with van der Waals surface area (Å²) in [6.07, 6.45) is 0.375. The van der Waals surface area contributed by atoms with E-state index in [-0.39, 0.29) is 23.3 Å². The molecule has 0 aliphatic heterocycles. The lowest BCUT2D eigenvalue weighted by Gasteiger charge is -2.31. The lowest BCUT2D eigenvalue weighted by atomic mass is 9.81. The molecule has 0 fully saturated rings. The molecule has 19 heavy (non-hydrogen) atoms. The highest BCUT2D eigenvalue weighted by atomic mass is 35.5. The van der Waals surface area contributed by atoms with Gasteiger partial charge in [-0.3, -0.25) is 0 Å². The van der Waals surface area contributed by atoms with Crippen LogP contribution in [0.15, 0.2) is 24.3 Å². The zero-order valence-electron chi connectivity index (χ0n) is 10.7. The standard InChI is InChI=1S/C13H17Cl3O2S/c1-2-19(17,18)8-7-13(9-14,10-15)11-5-3-4-6-12(11)16/h3-6H,2,7-10H2,1H3. The van der Waals surface area contributed by atoms with E-state index >= 15 is 0 Å². The molecule has 0 aliphatic rings. The van der Waals surface area contributed by atoms with Crippen molar-refractivity contribution < 1.29 is 8.42 Å². The van der Waals surface area contributed by atoms with Crippen molar-refractivity contribution in [2.75, 3.05) is 23.3 Å². The van der Waals surface area contributed by atoms with Crippen molar-refractivity contribution in [2.24, 2.45) is 0 Å². The smallest absolute Gasteiger partial charge is 0.150 e. The highest BCUT2D eigenvalue weighted by molar-refractivity contribution is 7.91. The summed E-state index contributed by atoms with van der Waals surface area (Å²) in [5.74, 6) is 0.656. The molecule has 0 unspecified atom stereocenters. The number of sulfone groups is 1. The predicted octanol–water partition coefficient (Wildman–Crippen LogP) is 3.88. The molecular weight excluding hydrogens is 327 g/mol. The summed E-state index contributed by atoms with van der Waals surface area (Å²) in [6.45, 7) is 1.63. The minimum Gasteiger partial charge on any atom is -0.229 e. The van der Waals surface area contributed by atoms with E-state index in [1.807, 2.05) is 18.2 Å².